The first-order valence-corrected chi connectivity index (χ1v) is 9.73. The van der Waals surface area contributed by atoms with Gasteiger partial charge in [-0.2, -0.15) is 0 Å². The lowest BCUT2D eigenvalue weighted by molar-refractivity contribution is 0.493. The summed E-state index contributed by atoms with van der Waals surface area (Å²) in [5.41, 5.74) is 2.05. The van der Waals surface area contributed by atoms with Crippen molar-refractivity contribution < 1.29 is 17.6 Å². The Labute approximate surface area is 162 Å². The van der Waals surface area contributed by atoms with Gasteiger partial charge in [0.2, 0.25) is 0 Å². The van der Waals surface area contributed by atoms with Crippen molar-refractivity contribution in [3.8, 4) is 11.1 Å². The summed E-state index contributed by atoms with van der Waals surface area (Å²) in [6.45, 7) is 5.73. The van der Waals surface area contributed by atoms with Crippen molar-refractivity contribution in [2.24, 2.45) is 5.92 Å². The lowest BCUT2D eigenvalue weighted by atomic mass is 9.86. The molecule has 0 amide bonds. The Bertz CT molecular complexity index is 1000. The Kier molecular flexibility index (Phi) is 4.90. The molecule has 0 fully saturated rings. The molecule has 0 aromatic heterocycles. The normalized spacial score (nSPS) is 17.9. The van der Waals surface area contributed by atoms with Crippen LogP contribution in [0, 0.1) is 29.2 Å². The number of hydrogen-bond acceptors (Lipinski definition) is 0. The molecule has 2 aliphatic carbocycles. The number of fused-ring (bicyclic) bond motifs is 3. The van der Waals surface area contributed by atoms with E-state index < -0.39 is 23.3 Å². The van der Waals surface area contributed by atoms with E-state index in [1.807, 2.05) is 6.08 Å². The zero-order valence-corrected chi connectivity index (χ0v) is 15.8. The molecule has 4 rings (SSSR count). The quantitative estimate of drug-likeness (QED) is 0.330. The average molecular weight is 386 g/mol. The third-order valence-corrected chi connectivity index (χ3v) is 5.92. The van der Waals surface area contributed by atoms with E-state index >= 15 is 0 Å². The highest BCUT2D eigenvalue weighted by atomic mass is 19.2. The summed E-state index contributed by atoms with van der Waals surface area (Å²) in [7, 11) is 0. The molecule has 4 heteroatoms. The maximum absolute atomic E-state index is 15.0. The molecule has 0 spiro atoms. The van der Waals surface area contributed by atoms with E-state index in [2.05, 4.69) is 13.5 Å². The number of halogens is 4. The third kappa shape index (κ3) is 2.99. The first kappa shape index (κ1) is 19.0. The lowest BCUT2D eigenvalue weighted by Gasteiger charge is -2.20. The molecule has 0 saturated heterocycles. The molecule has 1 atom stereocenters. The largest absolute Gasteiger partial charge is 0.203 e. The van der Waals surface area contributed by atoms with Crippen molar-refractivity contribution in [3.05, 3.63) is 76.4 Å². The maximum Gasteiger partial charge on any atom is 0.167 e. The first-order chi connectivity index (χ1) is 13.4. The van der Waals surface area contributed by atoms with Crippen molar-refractivity contribution in [3.63, 3.8) is 0 Å². The molecule has 28 heavy (non-hydrogen) atoms. The molecule has 0 heterocycles. The Hall–Kier alpha value is -2.36. The predicted molar refractivity (Wildman–Crippen MR) is 104 cm³/mol. The van der Waals surface area contributed by atoms with Gasteiger partial charge in [0.05, 0.1) is 0 Å². The molecule has 0 saturated carbocycles. The Morgan fingerprint density at radius 3 is 2.32 bits per heavy atom. The number of hydrogen-bond donors (Lipinski definition) is 0. The molecule has 1 unspecified atom stereocenters. The van der Waals surface area contributed by atoms with E-state index in [0.29, 0.717) is 36.3 Å². The highest BCUT2D eigenvalue weighted by molar-refractivity contribution is 5.81. The van der Waals surface area contributed by atoms with E-state index in [4.69, 9.17) is 0 Å². The maximum atomic E-state index is 15.0. The van der Waals surface area contributed by atoms with Gasteiger partial charge in [-0.15, -0.1) is 6.58 Å². The van der Waals surface area contributed by atoms with Crippen LogP contribution in [0.15, 0.2) is 30.9 Å². The van der Waals surface area contributed by atoms with Crippen LogP contribution in [0.25, 0.3) is 16.7 Å². The van der Waals surface area contributed by atoms with E-state index in [1.165, 1.54) is 0 Å². The molecule has 146 valence electrons. The van der Waals surface area contributed by atoms with E-state index in [0.717, 1.165) is 18.4 Å². The van der Waals surface area contributed by atoms with Crippen molar-refractivity contribution in [1.29, 1.82) is 0 Å². The third-order valence-electron chi connectivity index (χ3n) is 5.92. The fourth-order valence-electron chi connectivity index (χ4n) is 4.32. The van der Waals surface area contributed by atoms with Gasteiger partial charge in [0.1, 0.15) is 0 Å². The smallest absolute Gasteiger partial charge is 0.167 e. The minimum atomic E-state index is -1.09. The van der Waals surface area contributed by atoms with Crippen LogP contribution in [-0.2, 0) is 12.8 Å². The second-order valence-corrected chi connectivity index (χ2v) is 7.90. The average Bonchev–Trinajstić information content (AvgIpc) is 3.05. The van der Waals surface area contributed by atoms with Crippen molar-refractivity contribution in [2.45, 2.75) is 45.4 Å². The van der Waals surface area contributed by atoms with E-state index in [-0.39, 0.29) is 28.7 Å². The Morgan fingerprint density at radius 1 is 1.00 bits per heavy atom. The van der Waals surface area contributed by atoms with Gasteiger partial charge in [0.25, 0.3) is 0 Å². The molecular weight excluding hydrogens is 364 g/mol. The van der Waals surface area contributed by atoms with Gasteiger partial charge in [-0.25, -0.2) is 17.6 Å². The molecule has 0 N–H and O–H groups in total. The van der Waals surface area contributed by atoms with Gasteiger partial charge in [-0.1, -0.05) is 25.1 Å². The van der Waals surface area contributed by atoms with Gasteiger partial charge in [-0.3, -0.25) is 0 Å². The lowest BCUT2D eigenvalue weighted by Crippen LogP contribution is -2.05. The molecule has 0 aliphatic heterocycles. The van der Waals surface area contributed by atoms with Crippen LogP contribution in [0.3, 0.4) is 0 Å². The van der Waals surface area contributed by atoms with Crippen LogP contribution < -0.4 is 0 Å². The minimum Gasteiger partial charge on any atom is -0.203 e. The minimum absolute atomic E-state index is 0.132. The molecule has 2 aromatic carbocycles. The molecule has 0 bridgehead atoms. The summed E-state index contributed by atoms with van der Waals surface area (Å²) < 4.78 is 59.1. The SMILES string of the molecule is C=CCCc1cc2c(c(F)c1F)-c1c(cc(C3=CCC(C)CC3)c(F)c1F)C2. The van der Waals surface area contributed by atoms with Gasteiger partial charge in [0, 0.05) is 16.7 Å². The van der Waals surface area contributed by atoms with E-state index in [1.54, 1.807) is 18.2 Å². The van der Waals surface area contributed by atoms with Gasteiger partial charge in [0.15, 0.2) is 23.3 Å². The zero-order valence-electron chi connectivity index (χ0n) is 15.8. The fourth-order valence-corrected chi connectivity index (χ4v) is 4.32. The fraction of sp³-hybridized carbons (Fsp3) is 0.333. The van der Waals surface area contributed by atoms with Crippen molar-refractivity contribution >= 4 is 5.57 Å². The zero-order chi connectivity index (χ0) is 20.0. The van der Waals surface area contributed by atoms with Gasteiger partial charge in [-0.05, 0) is 72.8 Å². The van der Waals surface area contributed by atoms with Crippen LogP contribution in [0.1, 0.15) is 54.9 Å². The predicted octanol–water partition coefficient (Wildman–Crippen LogP) is 7.14. The summed E-state index contributed by atoms with van der Waals surface area (Å²) >= 11 is 0. The first-order valence-electron chi connectivity index (χ1n) is 9.73. The van der Waals surface area contributed by atoms with Crippen LogP contribution in [0.2, 0.25) is 0 Å². The van der Waals surface area contributed by atoms with E-state index in [9.17, 15) is 17.6 Å². The topological polar surface area (TPSA) is 0 Å². The van der Waals surface area contributed by atoms with Crippen LogP contribution in [-0.4, -0.2) is 0 Å². The Balaban J connectivity index is 1.83. The molecule has 2 aromatic rings. The Morgan fingerprint density at radius 2 is 1.68 bits per heavy atom. The van der Waals surface area contributed by atoms with Crippen LogP contribution in [0.4, 0.5) is 17.6 Å². The van der Waals surface area contributed by atoms with Crippen molar-refractivity contribution in [2.75, 3.05) is 0 Å². The molecule has 0 radical (unpaired) electrons. The standard InChI is InChI=1S/C24H22F4/c1-3-4-5-15-10-16-11-17-12-18(14-8-6-13(2)7-9-14)22(26)24(28)20(17)19(16)23(27)21(15)25/h3,8,10,12-13H,1,4-7,9,11H2,2H3. The molecular formula is C24H22F4. The summed E-state index contributed by atoms with van der Waals surface area (Å²) in [5, 5.41) is 0. The summed E-state index contributed by atoms with van der Waals surface area (Å²) in [5.74, 6) is -3.60. The summed E-state index contributed by atoms with van der Waals surface area (Å²) in [6, 6.07) is 3.20. The number of rotatable bonds is 4. The number of aryl methyl sites for hydroxylation is 1. The highest BCUT2D eigenvalue weighted by Crippen LogP contribution is 2.45. The second kappa shape index (κ2) is 7.23. The second-order valence-electron chi connectivity index (χ2n) is 7.90. The van der Waals surface area contributed by atoms with Gasteiger partial charge < -0.3 is 0 Å². The van der Waals surface area contributed by atoms with Crippen LogP contribution >= 0.6 is 0 Å². The van der Waals surface area contributed by atoms with Crippen molar-refractivity contribution in [1.82, 2.24) is 0 Å². The summed E-state index contributed by atoms with van der Waals surface area (Å²) in [6.07, 6.45) is 7.17. The number of benzene rings is 2. The van der Waals surface area contributed by atoms with Crippen LogP contribution in [0.5, 0.6) is 0 Å². The molecule has 2 aliphatic rings. The van der Waals surface area contributed by atoms with Gasteiger partial charge >= 0.3 is 0 Å². The number of allylic oxidation sites excluding steroid dienone is 3. The highest BCUT2D eigenvalue weighted by Gasteiger charge is 2.32. The summed E-state index contributed by atoms with van der Waals surface area (Å²) in [4.78, 5) is 0. The molecule has 0 nitrogen and oxygen atoms in total. The monoisotopic (exact) mass is 386 g/mol.